The van der Waals surface area contributed by atoms with E-state index in [4.69, 9.17) is 21.1 Å². The Bertz CT molecular complexity index is 1000. The summed E-state index contributed by atoms with van der Waals surface area (Å²) in [6.07, 6.45) is 4.75. The monoisotopic (exact) mass is 428 g/mol. The molecule has 0 bridgehead atoms. The topological polar surface area (TPSA) is 89.0 Å². The van der Waals surface area contributed by atoms with Crippen LogP contribution in [0.1, 0.15) is 30.0 Å². The third-order valence-corrected chi connectivity index (χ3v) is 5.74. The number of ether oxygens (including phenoxy) is 2. The molecular weight excluding hydrogens is 408 g/mol. The Morgan fingerprint density at radius 1 is 1.30 bits per heavy atom. The minimum absolute atomic E-state index is 0.0145. The normalized spacial score (nSPS) is 23.2. The van der Waals surface area contributed by atoms with E-state index in [1.54, 1.807) is 36.7 Å². The molecule has 0 aliphatic carbocycles. The zero-order valence-corrected chi connectivity index (χ0v) is 17.1. The largest absolute Gasteiger partial charge is 0.507 e. The number of hydrogen-bond donors (Lipinski definition) is 1. The lowest BCUT2D eigenvalue weighted by molar-refractivity contribution is -0.140. The molecule has 2 fully saturated rings. The van der Waals surface area contributed by atoms with Crippen molar-refractivity contribution in [1.82, 2.24) is 9.88 Å². The van der Waals surface area contributed by atoms with Crippen LogP contribution in [0.15, 0.2) is 48.3 Å². The van der Waals surface area contributed by atoms with Crippen LogP contribution in [-0.2, 0) is 14.3 Å². The van der Waals surface area contributed by atoms with Crippen LogP contribution in [0.2, 0.25) is 5.02 Å². The van der Waals surface area contributed by atoms with Gasteiger partial charge in [-0.1, -0.05) is 11.6 Å². The van der Waals surface area contributed by atoms with Gasteiger partial charge in [0.25, 0.3) is 11.7 Å². The lowest BCUT2D eigenvalue weighted by atomic mass is 9.95. The average Bonchev–Trinajstić information content (AvgIpc) is 3.36. The van der Waals surface area contributed by atoms with Gasteiger partial charge in [-0.25, -0.2) is 0 Å². The molecule has 2 saturated heterocycles. The van der Waals surface area contributed by atoms with Gasteiger partial charge in [0.15, 0.2) is 0 Å². The maximum absolute atomic E-state index is 13.0. The van der Waals surface area contributed by atoms with E-state index in [1.807, 2.05) is 0 Å². The molecule has 2 aromatic rings. The first-order valence-electron chi connectivity index (χ1n) is 9.65. The molecule has 0 spiro atoms. The summed E-state index contributed by atoms with van der Waals surface area (Å²) in [7, 11) is 1.49. The Hall–Kier alpha value is -2.90. The molecule has 2 aliphatic heterocycles. The van der Waals surface area contributed by atoms with Crippen molar-refractivity contribution in [2.45, 2.75) is 25.0 Å². The summed E-state index contributed by atoms with van der Waals surface area (Å²) in [6.45, 7) is 0.897. The number of amides is 1. The highest BCUT2D eigenvalue weighted by Crippen LogP contribution is 2.41. The van der Waals surface area contributed by atoms with Gasteiger partial charge in [-0.2, -0.15) is 0 Å². The second-order valence-electron chi connectivity index (χ2n) is 7.21. The third-order valence-electron chi connectivity index (χ3n) is 5.41. The fourth-order valence-corrected chi connectivity index (χ4v) is 4.13. The van der Waals surface area contributed by atoms with E-state index in [9.17, 15) is 14.7 Å². The minimum Gasteiger partial charge on any atom is -0.507 e. The Morgan fingerprint density at radius 3 is 2.73 bits per heavy atom. The number of aromatic nitrogens is 1. The van der Waals surface area contributed by atoms with Gasteiger partial charge < -0.3 is 19.5 Å². The van der Waals surface area contributed by atoms with Gasteiger partial charge in [-0.3, -0.25) is 14.6 Å². The summed E-state index contributed by atoms with van der Waals surface area (Å²) in [4.78, 5) is 31.4. The number of likely N-dealkylation sites (tertiary alicyclic amines) is 1. The van der Waals surface area contributed by atoms with Crippen molar-refractivity contribution in [2.75, 3.05) is 20.3 Å². The van der Waals surface area contributed by atoms with Crippen LogP contribution in [0.4, 0.5) is 0 Å². The molecule has 0 saturated carbocycles. The van der Waals surface area contributed by atoms with Crippen molar-refractivity contribution in [1.29, 1.82) is 0 Å². The molecule has 1 aromatic heterocycles. The van der Waals surface area contributed by atoms with Crippen LogP contribution < -0.4 is 4.74 Å². The highest BCUT2D eigenvalue weighted by atomic mass is 35.5. The predicted octanol–water partition coefficient (Wildman–Crippen LogP) is 3.34. The molecule has 7 nitrogen and oxygen atoms in total. The van der Waals surface area contributed by atoms with Gasteiger partial charge >= 0.3 is 0 Å². The first-order valence-corrected chi connectivity index (χ1v) is 10.0. The number of carbonyl (C=O) groups excluding carboxylic acids is 2. The van der Waals surface area contributed by atoms with Gasteiger partial charge in [-0.05, 0) is 48.7 Å². The number of rotatable bonds is 5. The highest BCUT2D eigenvalue weighted by molar-refractivity contribution is 6.47. The van der Waals surface area contributed by atoms with Crippen LogP contribution >= 0.6 is 11.6 Å². The van der Waals surface area contributed by atoms with E-state index in [0.717, 1.165) is 12.8 Å². The number of halogens is 1. The van der Waals surface area contributed by atoms with E-state index in [-0.39, 0.29) is 34.6 Å². The van der Waals surface area contributed by atoms with Crippen LogP contribution in [0.5, 0.6) is 5.75 Å². The number of methoxy groups -OCH3 is 1. The van der Waals surface area contributed by atoms with Gasteiger partial charge in [0.2, 0.25) is 0 Å². The molecule has 156 valence electrons. The molecule has 1 aromatic carbocycles. The second-order valence-corrected chi connectivity index (χ2v) is 7.62. The fourth-order valence-electron chi connectivity index (χ4n) is 3.93. The van der Waals surface area contributed by atoms with Crippen molar-refractivity contribution >= 4 is 29.1 Å². The van der Waals surface area contributed by atoms with Crippen molar-refractivity contribution < 1.29 is 24.2 Å². The molecular formula is C22H21ClN2O5. The number of benzene rings is 1. The van der Waals surface area contributed by atoms with Crippen LogP contribution in [0.25, 0.3) is 5.76 Å². The van der Waals surface area contributed by atoms with E-state index in [2.05, 4.69) is 4.98 Å². The SMILES string of the molecule is COc1ccc(Cl)c(/C(O)=C2\C(=O)C(=O)N(CC3CCCO3)C2c2ccncc2)c1. The Labute approximate surface area is 178 Å². The molecule has 2 unspecified atom stereocenters. The molecule has 3 heterocycles. The summed E-state index contributed by atoms with van der Waals surface area (Å²) in [6, 6.07) is 7.43. The van der Waals surface area contributed by atoms with Crippen LogP contribution in [0.3, 0.4) is 0 Å². The first-order chi connectivity index (χ1) is 14.5. The van der Waals surface area contributed by atoms with Crippen molar-refractivity contribution in [3.05, 3.63) is 64.4 Å². The van der Waals surface area contributed by atoms with Gasteiger partial charge in [0, 0.05) is 31.1 Å². The number of aliphatic hydroxyl groups is 1. The molecule has 4 rings (SSSR count). The average molecular weight is 429 g/mol. The Morgan fingerprint density at radius 2 is 2.07 bits per heavy atom. The Balaban J connectivity index is 1.85. The number of carbonyl (C=O) groups is 2. The van der Waals surface area contributed by atoms with Crippen LogP contribution in [0, 0.1) is 0 Å². The number of nitrogens with zero attached hydrogens (tertiary/aromatic N) is 2. The van der Waals surface area contributed by atoms with Crippen molar-refractivity contribution in [2.24, 2.45) is 0 Å². The molecule has 2 atom stereocenters. The first kappa shape index (κ1) is 20.4. The summed E-state index contributed by atoms with van der Waals surface area (Å²) < 4.78 is 10.9. The van der Waals surface area contributed by atoms with Gasteiger partial charge in [-0.15, -0.1) is 0 Å². The van der Waals surface area contributed by atoms with Gasteiger partial charge in [0.1, 0.15) is 11.5 Å². The zero-order valence-electron chi connectivity index (χ0n) is 16.4. The lowest BCUT2D eigenvalue weighted by Crippen LogP contribution is -2.36. The van der Waals surface area contributed by atoms with E-state index in [1.165, 1.54) is 18.1 Å². The minimum atomic E-state index is -0.764. The number of pyridine rings is 1. The van der Waals surface area contributed by atoms with Crippen LogP contribution in [-0.4, -0.2) is 53.0 Å². The summed E-state index contributed by atoms with van der Waals surface area (Å²) in [5, 5.41) is 11.4. The Kier molecular flexibility index (Phi) is 5.74. The van der Waals surface area contributed by atoms with E-state index >= 15 is 0 Å². The summed E-state index contributed by atoms with van der Waals surface area (Å²) >= 11 is 6.29. The molecule has 1 N–H and O–H groups in total. The number of aliphatic hydroxyl groups excluding tert-OH is 1. The number of hydrogen-bond acceptors (Lipinski definition) is 6. The number of Topliss-reactive ketones (excluding diaryl/α,β-unsaturated/α-hetero) is 1. The summed E-state index contributed by atoms with van der Waals surface area (Å²) in [5.74, 6) is -1.30. The fraction of sp³-hybridized carbons (Fsp3) is 0.318. The lowest BCUT2D eigenvalue weighted by Gasteiger charge is -2.27. The summed E-state index contributed by atoms with van der Waals surface area (Å²) in [5.41, 5.74) is 0.882. The van der Waals surface area contributed by atoms with E-state index < -0.39 is 17.7 Å². The maximum atomic E-state index is 13.0. The zero-order chi connectivity index (χ0) is 21.3. The second kappa shape index (κ2) is 8.45. The number of ketones is 1. The van der Waals surface area contributed by atoms with E-state index in [0.29, 0.717) is 17.9 Å². The maximum Gasteiger partial charge on any atom is 0.295 e. The highest BCUT2D eigenvalue weighted by Gasteiger charge is 2.47. The quantitative estimate of drug-likeness (QED) is 0.446. The molecule has 0 radical (unpaired) electrons. The third kappa shape index (κ3) is 3.66. The molecule has 30 heavy (non-hydrogen) atoms. The molecule has 2 aliphatic rings. The smallest absolute Gasteiger partial charge is 0.295 e. The molecule has 1 amide bonds. The van der Waals surface area contributed by atoms with Crippen molar-refractivity contribution in [3.63, 3.8) is 0 Å². The van der Waals surface area contributed by atoms with Gasteiger partial charge in [0.05, 0.1) is 29.9 Å². The predicted molar refractivity (Wildman–Crippen MR) is 110 cm³/mol. The standard InChI is InChI=1S/C22H21ClN2O5/c1-29-14-4-5-17(23)16(11-14)20(26)18-19(13-6-8-24-9-7-13)25(22(28)21(18)27)12-15-3-2-10-30-15/h4-9,11,15,19,26H,2-3,10,12H2,1H3/b20-18+. The molecule has 8 heteroatoms. The van der Waals surface area contributed by atoms with Crippen molar-refractivity contribution in [3.8, 4) is 5.75 Å².